The molecule has 0 saturated carbocycles. The van der Waals surface area contributed by atoms with Crippen LogP contribution in [0, 0.1) is 0 Å². The average molecular weight is 212 g/mol. The number of phenolic OH excluding ortho intramolecular Hbond substituents is 1. The van der Waals surface area contributed by atoms with Crippen molar-refractivity contribution in [2.75, 3.05) is 0 Å². The first-order chi connectivity index (χ1) is 6.32. The number of benzene rings is 1. The molecule has 1 rings (SSSR count). The van der Waals surface area contributed by atoms with E-state index in [0.29, 0.717) is 18.2 Å². The fraction of sp³-hybridized carbons (Fsp3) is 0.250. The van der Waals surface area contributed by atoms with E-state index in [1.54, 1.807) is 0 Å². The zero-order valence-electron chi connectivity index (χ0n) is 6.65. The summed E-state index contributed by atoms with van der Waals surface area (Å²) in [5, 5.41) is 8.75. The molecule has 0 saturated heterocycles. The van der Waals surface area contributed by atoms with E-state index in [1.165, 1.54) is 0 Å². The quantitative estimate of drug-likeness (QED) is 0.707. The van der Waals surface area contributed by atoms with Crippen LogP contribution in [0.1, 0.15) is 17.6 Å². The first-order valence-corrected chi connectivity index (χ1v) is 3.50. The molecular formula is C8H5F5O. The zero-order chi connectivity index (χ0) is 10.9. The van der Waals surface area contributed by atoms with E-state index in [4.69, 9.17) is 5.11 Å². The maximum atomic E-state index is 12.1. The second-order valence-corrected chi connectivity index (χ2v) is 2.57. The Hall–Kier alpha value is -1.33. The molecular weight excluding hydrogens is 207 g/mol. The van der Waals surface area contributed by atoms with Gasteiger partial charge in [-0.25, -0.2) is 8.78 Å². The molecule has 1 aromatic rings. The van der Waals surface area contributed by atoms with E-state index >= 15 is 0 Å². The van der Waals surface area contributed by atoms with Crippen molar-refractivity contribution in [1.29, 1.82) is 0 Å². The van der Waals surface area contributed by atoms with Gasteiger partial charge < -0.3 is 5.11 Å². The molecule has 0 aromatic heterocycles. The van der Waals surface area contributed by atoms with Gasteiger partial charge in [-0.05, 0) is 18.2 Å². The van der Waals surface area contributed by atoms with Crippen molar-refractivity contribution in [3.63, 3.8) is 0 Å². The minimum Gasteiger partial charge on any atom is -0.508 e. The molecule has 0 heterocycles. The van der Waals surface area contributed by atoms with Gasteiger partial charge in [0.1, 0.15) is 5.75 Å². The number of phenols is 1. The maximum Gasteiger partial charge on any atom is 0.416 e. The smallest absolute Gasteiger partial charge is 0.416 e. The van der Waals surface area contributed by atoms with Gasteiger partial charge in [0, 0.05) is 5.56 Å². The highest BCUT2D eigenvalue weighted by molar-refractivity contribution is 5.37. The number of hydrogen-bond acceptors (Lipinski definition) is 1. The first-order valence-electron chi connectivity index (χ1n) is 3.50. The van der Waals surface area contributed by atoms with Gasteiger partial charge in [0.25, 0.3) is 6.43 Å². The predicted octanol–water partition coefficient (Wildman–Crippen LogP) is 3.35. The van der Waals surface area contributed by atoms with Crippen molar-refractivity contribution in [1.82, 2.24) is 0 Å². The van der Waals surface area contributed by atoms with Crippen LogP contribution in [0.25, 0.3) is 0 Å². The molecule has 0 spiro atoms. The van der Waals surface area contributed by atoms with Crippen molar-refractivity contribution in [2.24, 2.45) is 0 Å². The SMILES string of the molecule is Oc1ccc(C(F)(F)F)c(C(F)F)c1. The lowest BCUT2D eigenvalue weighted by Crippen LogP contribution is -2.09. The minimum atomic E-state index is -4.83. The third-order valence-electron chi connectivity index (χ3n) is 1.58. The molecule has 0 aliphatic carbocycles. The Labute approximate surface area is 75.8 Å². The normalized spacial score (nSPS) is 12.1. The largest absolute Gasteiger partial charge is 0.508 e. The van der Waals surface area contributed by atoms with Crippen LogP contribution < -0.4 is 0 Å². The van der Waals surface area contributed by atoms with Crippen LogP contribution in [0.5, 0.6) is 5.75 Å². The van der Waals surface area contributed by atoms with Crippen LogP contribution in [0.4, 0.5) is 22.0 Å². The van der Waals surface area contributed by atoms with E-state index in [9.17, 15) is 22.0 Å². The van der Waals surface area contributed by atoms with Crippen LogP contribution in [-0.4, -0.2) is 5.11 Å². The molecule has 1 N–H and O–H groups in total. The predicted molar refractivity (Wildman–Crippen MR) is 38.1 cm³/mol. The molecule has 0 amide bonds. The molecule has 1 nitrogen and oxygen atoms in total. The van der Waals surface area contributed by atoms with E-state index < -0.39 is 29.5 Å². The Kier molecular flexibility index (Phi) is 2.64. The van der Waals surface area contributed by atoms with E-state index in [-0.39, 0.29) is 0 Å². The number of rotatable bonds is 1. The highest BCUT2D eigenvalue weighted by atomic mass is 19.4. The van der Waals surface area contributed by atoms with Crippen LogP contribution >= 0.6 is 0 Å². The van der Waals surface area contributed by atoms with Gasteiger partial charge in [-0.2, -0.15) is 13.2 Å². The Bertz CT molecular complexity index is 331. The minimum absolute atomic E-state index is 0.410. The lowest BCUT2D eigenvalue weighted by Gasteiger charge is -2.12. The summed E-state index contributed by atoms with van der Waals surface area (Å²) in [6, 6.07) is 1.55. The number of hydrogen-bond donors (Lipinski definition) is 1. The van der Waals surface area contributed by atoms with Crippen LogP contribution in [-0.2, 0) is 6.18 Å². The molecule has 0 bridgehead atoms. The molecule has 0 radical (unpaired) electrons. The highest BCUT2D eigenvalue weighted by Crippen LogP contribution is 2.37. The van der Waals surface area contributed by atoms with Crippen LogP contribution in [0.3, 0.4) is 0 Å². The van der Waals surface area contributed by atoms with Gasteiger partial charge in [-0.1, -0.05) is 0 Å². The van der Waals surface area contributed by atoms with Gasteiger partial charge in [-0.3, -0.25) is 0 Å². The molecule has 1 aromatic carbocycles. The summed E-state index contributed by atoms with van der Waals surface area (Å²) in [4.78, 5) is 0. The molecule has 0 atom stereocenters. The Balaban J connectivity index is 3.29. The Morgan fingerprint density at radius 3 is 2.14 bits per heavy atom. The van der Waals surface area contributed by atoms with Crippen molar-refractivity contribution in [2.45, 2.75) is 12.6 Å². The zero-order valence-corrected chi connectivity index (χ0v) is 6.65. The summed E-state index contributed by atoms with van der Waals surface area (Å²) < 4.78 is 60.6. The molecule has 0 unspecified atom stereocenters. The summed E-state index contributed by atoms with van der Waals surface area (Å²) in [7, 11) is 0. The lowest BCUT2D eigenvalue weighted by atomic mass is 10.1. The lowest BCUT2D eigenvalue weighted by molar-refractivity contribution is -0.139. The van der Waals surface area contributed by atoms with Crippen LogP contribution in [0.15, 0.2) is 18.2 Å². The molecule has 0 fully saturated rings. The summed E-state index contributed by atoms with van der Waals surface area (Å²) in [6.07, 6.45) is -8.10. The fourth-order valence-corrected chi connectivity index (χ4v) is 0.989. The molecule has 14 heavy (non-hydrogen) atoms. The Morgan fingerprint density at radius 2 is 1.71 bits per heavy atom. The highest BCUT2D eigenvalue weighted by Gasteiger charge is 2.35. The van der Waals surface area contributed by atoms with Gasteiger partial charge >= 0.3 is 6.18 Å². The third kappa shape index (κ3) is 2.12. The second kappa shape index (κ2) is 3.43. The Morgan fingerprint density at radius 1 is 1.14 bits per heavy atom. The molecule has 0 aliphatic rings. The van der Waals surface area contributed by atoms with Crippen LogP contribution in [0.2, 0.25) is 0 Å². The van der Waals surface area contributed by atoms with Crippen molar-refractivity contribution in [3.8, 4) is 5.75 Å². The summed E-state index contributed by atoms with van der Waals surface area (Å²) >= 11 is 0. The van der Waals surface area contributed by atoms with Gasteiger partial charge in [0.05, 0.1) is 5.56 Å². The third-order valence-corrected chi connectivity index (χ3v) is 1.58. The number of aromatic hydroxyl groups is 1. The molecule has 6 heteroatoms. The maximum absolute atomic E-state index is 12.1. The van der Waals surface area contributed by atoms with Crippen molar-refractivity contribution in [3.05, 3.63) is 29.3 Å². The fourth-order valence-electron chi connectivity index (χ4n) is 0.989. The monoisotopic (exact) mass is 212 g/mol. The van der Waals surface area contributed by atoms with E-state index in [1.807, 2.05) is 0 Å². The van der Waals surface area contributed by atoms with E-state index in [0.717, 1.165) is 0 Å². The summed E-state index contributed by atoms with van der Waals surface area (Å²) in [5.41, 5.74) is -2.64. The van der Waals surface area contributed by atoms with E-state index in [2.05, 4.69) is 0 Å². The number of halogens is 5. The standard InChI is InChI=1S/C8H5F5O/c9-7(10)5-3-4(14)1-2-6(5)8(11,12)13/h1-3,7,14H. The molecule has 0 aliphatic heterocycles. The van der Waals surface area contributed by atoms with Gasteiger partial charge in [0.15, 0.2) is 0 Å². The van der Waals surface area contributed by atoms with Gasteiger partial charge in [-0.15, -0.1) is 0 Å². The summed E-state index contributed by atoms with van der Waals surface area (Å²) in [6.45, 7) is 0. The van der Waals surface area contributed by atoms with Crippen molar-refractivity contribution < 1.29 is 27.1 Å². The topological polar surface area (TPSA) is 20.2 Å². The average Bonchev–Trinajstić information content (AvgIpc) is 2.01. The number of alkyl halides is 5. The van der Waals surface area contributed by atoms with Crippen molar-refractivity contribution >= 4 is 0 Å². The second-order valence-electron chi connectivity index (χ2n) is 2.57. The molecule has 78 valence electrons. The summed E-state index contributed by atoms with van der Waals surface area (Å²) in [5.74, 6) is -0.617. The van der Waals surface area contributed by atoms with Gasteiger partial charge in [0.2, 0.25) is 0 Å². The first kappa shape index (κ1) is 10.7.